The molecule has 0 unspecified atom stereocenters. The molecular formula is C50H33NO. The number of rotatable bonds is 6. The van der Waals surface area contributed by atoms with Gasteiger partial charge in [-0.1, -0.05) is 140 Å². The van der Waals surface area contributed by atoms with Crippen LogP contribution in [0.25, 0.3) is 76.9 Å². The third-order valence-corrected chi connectivity index (χ3v) is 10.2. The van der Waals surface area contributed by atoms with Gasteiger partial charge < -0.3 is 9.32 Å². The summed E-state index contributed by atoms with van der Waals surface area (Å²) < 4.78 is 6.19. The zero-order chi connectivity index (χ0) is 34.4. The highest BCUT2D eigenvalue weighted by atomic mass is 16.3. The Morgan fingerprint density at radius 3 is 1.71 bits per heavy atom. The van der Waals surface area contributed by atoms with Crippen LogP contribution in [0.1, 0.15) is 0 Å². The summed E-state index contributed by atoms with van der Waals surface area (Å²) in [6.45, 7) is 0. The van der Waals surface area contributed by atoms with Crippen LogP contribution < -0.4 is 4.90 Å². The molecule has 0 saturated heterocycles. The van der Waals surface area contributed by atoms with Gasteiger partial charge >= 0.3 is 0 Å². The van der Waals surface area contributed by atoms with Crippen molar-refractivity contribution in [1.82, 2.24) is 0 Å². The van der Waals surface area contributed by atoms with Crippen LogP contribution in [0.15, 0.2) is 205 Å². The van der Waals surface area contributed by atoms with Crippen LogP contribution in [-0.4, -0.2) is 0 Å². The Kier molecular flexibility index (Phi) is 7.18. The summed E-state index contributed by atoms with van der Waals surface area (Å²) >= 11 is 0. The third kappa shape index (κ3) is 5.39. The molecular weight excluding hydrogens is 631 g/mol. The summed E-state index contributed by atoms with van der Waals surface area (Å²) in [6.07, 6.45) is 0. The second-order valence-corrected chi connectivity index (χ2v) is 13.4. The number of hydrogen-bond donors (Lipinski definition) is 0. The Hall–Kier alpha value is -6.90. The zero-order valence-electron chi connectivity index (χ0n) is 28.4. The molecule has 0 saturated carbocycles. The fourth-order valence-corrected chi connectivity index (χ4v) is 7.55. The predicted molar refractivity (Wildman–Crippen MR) is 220 cm³/mol. The molecule has 0 bridgehead atoms. The first-order chi connectivity index (χ1) is 25.7. The van der Waals surface area contributed by atoms with E-state index in [1.54, 1.807) is 0 Å². The molecule has 0 N–H and O–H groups in total. The minimum Gasteiger partial charge on any atom is -0.456 e. The molecule has 10 aromatic rings. The lowest BCUT2D eigenvalue weighted by atomic mass is 9.98. The van der Waals surface area contributed by atoms with Crippen molar-refractivity contribution in [3.63, 3.8) is 0 Å². The molecule has 0 amide bonds. The number of fused-ring (bicyclic) bond motifs is 5. The van der Waals surface area contributed by atoms with Crippen LogP contribution in [0.3, 0.4) is 0 Å². The van der Waals surface area contributed by atoms with E-state index in [-0.39, 0.29) is 0 Å². The maximum Gasteiger partial charge on any atom is 0.135 e. The standard InChI is InChI=1S/C50H33NO/c1-2-9-34(10-3-1)35-21-24-44(25-22-35)51(46-27-28-48-41(32-46)20-17-36-11-4-6-15-47(36)48)45-26-23-39-29-38(18-19-40(39)31-45)37-13-8-14-42(30-37)50-33-43-12-5-7-16-49(43)52-50/h1-33H. The maximum absolute atomic E-state index is 6.19. The van der Waals surface area contributed by atoms with Gasteiger partial charge in [0.05, 0.1) is 0 Å². The van der Waals surface area contributed by atoms with Gasteiger partial charge in [-0.3, -0.25) is 0 Å². The lowest BCUT2D eigenvalue weighted by Crippen LogP contribution is -2.10. The van der Waals surface area contributed by atoms with E-state index in [1.165, 1.54) is 49.0 Å². The van der Waals surface area contributed by atoms with Crippen molar-refractivity contribution in [3.8, 4) is 33.6 Å². The van der Waals surface area contributed by atoms with Crippen LogP contribution in [-0.2, 0) is 0 Å². The second-order valence-electron chi connectivity index (χ2n) is 13.4. The predicted octanol–water partition coefficient (Wildman–Crippen LogP) is 14.4. The normalized spacial score (nSPS) is 11.5. The van der Waals surface area contributed by atoms with E-state index in [1.807, 2.05) is 18.2 Å². The minimum absolute atomic E-state index is 0.882. The van der Waals surface area contributed by atoms with Gasteiger partial charge in [0.1, 0.15) is 11.3 Å². The van der Waals surface area contributed by atoms with Crippen LogP contribution in [0.4, 0.5) is 17.1 Å². The molecule has 2 nitrogen and oxygen atoms in total. The van der Waals surface area contributed by atoms with Crippen LogP contribution in [0.2, 0.25) is 0 Å². The lowest BCUT2D eigenvalue weighted by Gasteiger charge is -2.26. The molecule has 9 aromatic carbocycles. The van der Waals surface area contributed by atoms with E-state index in [9.17, 15) is 0 Å². The van der Waals surface area contributed by atoms with Crippen LogP contribution >= 0.6 is 0 Å². The number of furan rings is 1. The Morgan fingerprint density at radius 2 is 0.846 bits per heavy atom. The summed E-state index contributed by atoms with van der Waals surface area (Å²) in [5.74, 6) is 0.882. The van der Waals surface area contributed by atoms with Crippen LogP contribution in [0, 0.1) is 0 Å². The molecule has 0 aliphatic carbocycles. The van der Waals surface area contributed by atoms with Gasteiger partial charge in [0.2, 0.25) is 0 Å². The van der Waals surface area contributed by atoms with Gasteiger partial charge in [0.25, 0.3) is 0 Å². The summed E-state index contributed by atoms with van der Waals surface area (Å²) in [4.78, 5) is 2.37. The highest BCUT2D eigenvalue weighted by molar-refractivity contribution is 6.08. The van der Waals surface area contributed by atoms with Crippen LogP contribution in [0.5, 0.6) is 0 Å². The quantitative estimate of drug-likeness (QED) is 0.165. The lowest BCUT2D eigenvalue weighted by molar-refractivity contribution is 0.631. The van der Waals surface area contributed by atoms with Crippen molar-refractivity contribution in [2.24, 2.45) is 0 Å². The first kappa shape index (κ1) is 30.0. The second kappa shape index (κ2) is 12.5. The Labute approximate surface area is 302 Å². The third-order valence-electron chi connectivity index (χ3n) is 10.2. The molecule has 244 valence electrons. The fourth-order valence-electron chi connectivity index (χ4n) is 7.55. The molecule has 0 radical (unpaired) electrons. The molecule has 52 heavy (non-hydrogen) atoms. The van der Waals surface area contributed by atoms with E-state index in [2.05, 4.69) is 187 Å². The topological polar surface area (TPSA) is 16.4 Å². The molecule has 0 spiro atoms. The fraction of sp³-hybridized carbons (Fsp3) is 0. The van der Waals surface area contributed by atoms with E-state index in [0.717, 1.165) is 44.9 Å². The summed E-state index contributed by atoms with van der Waals surface area (Å²) in [7, 11) is 0. The maximum atomic E-state index is 6.19. The van der Waals surface area contributed by atoms with Crippen molar-refractivity contribution >= 4 is 60.3 Å². The average molecular weight is 664 g/mol. The number of anilines is 3. The molecule has 0 atom stereocenters. The highest BCUT2D eigenvalue weighted by Gasteiger charge is 2.16. The Balaban J connectivity index is 1.05. The van der Waals surface area contributed by atoms with Gasteiger partial charge in [0.15, 0.2) is 0 Å². The van der Waals surface area contributed by atoms with E-state index in [0.29, 0.717) is 0 Å². The summed E-state index contributed by atoms with van der Waals surface area (Å²) in [5, 5.41) is 8.50. The number of para-hydroxylation sites is 1. The van der Waals surface area contributed by atoms with Crippen molar-refractivity contribution in [2.45, 2.75) is 0 Å². The van der Waals surface area contributed by atoms with Crippen molar-refractivity contribution < 1.29 is 4.42 Å². The van der Waals surface area contributed by atoms with Crippen molar-refractivity contribution in [3.05, 3.63) is 200 Å². The van der Waals surface area contributed by atoms with Gasteiger partial charge in [-0.25, -0.2) is 0 Å². The van der Waals surface area contributed by atoms with Gasteiger partial charge in [-0.05, 0) is 115 Å². The average Bonchev–Trinajstić information content (AvgIpc) is 3.66. The Bertz CT molecular complexity index is 2870. The molecule has 0 fully saturated rings. The minimum atomic E-state index is 0.882. The monoisotopic (exact) mass is 663 g/mol. The first-order valence-electron chi connectivity index (χ1n) is 17.7. The number of hydrogen-bond acceptors (Lipinski definition) is 2. The molecule has 1 aromatic heterocycles. The van der Waals surface area contributed by atoms with Gasteiger partial charge in [-0.2, -0.15) is 0 Å². The van der Waals surface area contributed by atoms with Crippen molar-refractivity contribution in [2.75, 3.05) is 4.90 Å². The van der Waals surface area contributed by atoms with Gasteiger partial charge in [-0.15, -0.1) is 0 Å². The van der Waals surface area contributed by atoms with Crippen molar-refractivity contribution in [1.29, 1.82) is 0 Å². The zero-order valence-corrected chi connectivity index (χ0v) is 28.4. The number of nitrogens with zero attached hydrogens (tertiary/aromatic N) is 1. The van der Waals surface area contributed by atoms with Gasteiger partial charge in [0, 0.05) is 28.0 Å². The van der Waals surface area contributed by atoms with E-state index < -0.39 is 0 Å². The Morgan fingerprint density at radius 1 is 0.288 bits per heavy atom. The molecule has 10 rings (SSSR count). The molecule has 0 aliphatic rings. The molecule has 1 heterocycles. The number of benzene rings is 9. The molecule has 0 aliphatic heterocycles. The van der Waals surface area contributed by atoms with E-state index >= 15 is 0 Å². The highest BCUT2D eigenvalue weighted by Crippen LogP contribution is 2.40. The largest absolute Gasteiger partial charge is 0.456 e. The summed E-state index contributed by atoms with van der Waals surface area (Å²) in [5.41, 5.74) is 10.1. The summed E-state index contributed by atoms with van der Waals surface area (Å²) in [6, 6.07) is 71.8. The SMILES string of the molecule is c1ccc(-c2ccc(N(c3ccc4cc(-c5cccc(-c6cc7ccccc7o6)c5)ccc4c3)c3ccc4c(ccc5ccccc54)c3)cc2)cc1. The van der Waals surface area contributed by atoms with E-state index in [4.69, 9.17) is 4.42 Å². The molecule has 2 heteroatoms. The smallest absolute Gasteiger partial charge is 0.135 e. The first-order valence-corrected chi connectivity index (χ1v) is 17.7.